The molecule has 0 unspecified atom stereocenters. The number of amidine groups is 1. The van der Waals surface area contributed by atoms with E-state index in [0.29, 0.717) is 39.6 Å². The van der Waals surface area contributed by atoms with Crippen LogP contribution in [-0.4, -0.2) is 36.2 Å². The average molecular weight is 395 g/mol. The molecule has 0 radical (unpaired) electrons. The van der Waals surface area contributed by atoms with Crippen LogP contribution in [0.3, 0.4) is 0 Å². The molecule has 25 heavy (non-hydrogen) atoms. The third-order valence-corrected chi connectivity index (χ3v) is 5.41. The van der Waals surface area contributed by atoms with Gasteiger partial charge in [0.1, 0.15) is 5.75 Å². The van der Waals surface area contributed by atoms with E-state index < -0.39 is 0 Å². The number of amides is 1. The zero-order valence-corrected chi connectivity index (χ0v) is 15.9. The summed E-state index contributed by atoms with van der Waals surface area (Å²) in [6, 6.07) is 12.5. The molecule has 0 atom stereocenters. The van der Waals surface area contributed by atoms with E-state index >= 15 is 0 Å². The maximum Gasteiger partial charge on any atom is 0.259 e. The fourth-order valence-corrected chi connectivity index (χ4v) is 4.01. The summed E-state index contributed by atoms with van der Waals surface area (Å²) in [4.78, 5) is 18.9. The van der Waals surface area contributed by atoms with Crippen LogP contribution in [0.4, 0.5) is 0 Å². The molecule has 0 N–H and O–H groups in total. The van der Waals surface area contributed by atoms with Gasteiger partial charge in [0, 0.05) is 27.9 Å². The van der Waals surface area contributed by atoms with Crippen molar-refractivity contribution < 1.29 is 9.53 Å². The summed E-state index contributed by atoms with van der Waals surface area (Å²) in [5, 5.41) is 1.94. The first kappa shape index (κ1) is 18.1. The highest BCUT2D eigenvalue weighted by Gasteiger charge is 2.25. The zero-order valence-electron chi connectivity index (χ0n) is 13.5. The molecule has 0 fully saturated rings. The number of carbonyl (C=O) groups excluding carboxylic acids is 1. The van der Waals surface area contributed by atoms with Crippen molar-refractivity contribution in [1.29, 1.82) is 0 Å². The normalized spacial score (nSPS) is 13.7. The Bertz CT molecular complexity index is 809. The molecule has 0 bridgehead atoms. The van der Waals surface area contributed by atoms with E-state index in [9.17, 15) is 4.79 Å². The molecule has 0 saturated carbocycles. The van der Waals surface area contributed by atoms with Crippen molar-refractivity contribution in [3.8, 4) is 5.75 Å². The van der Waals surface area contributed by atoms with E-state index in [4.69, 9.17) is 27.9 Å². The molecule has 130 valence electrons. The van der Waals surface area contributed by atoms with Gasteiger partial charge in [-0.05, 0) is 42.0 Å². The summed E-state index contributed by atoms with van der Waals surface area (Å²) < 4.78 is 5.13. The lowest BCUT2D eigenvalue weighted by Crippen LogP contribution is -2.32. The van der Waals surface area contributed by atoms with E-state index in [2.05, 4.69) is 4.99 Å². The maximum absolute atomic E-state index is 12.7. The third-order valence-electron chi connectivity index (χ3n) is 3.76. The topological polar surface area (TPSA) is 41.9 Å². The van der Waals surface area contributed by atoms with Crippen molar-refractivity contribution in [3.05, 3.63) is 63.6 Å². The number of benzene rings is 2. The highest BCUT2D eigenvalue weighted by molar-refractivity contribution is 8.13. The molecule has 2 aromatic rings. The minimum atomic E-state index is -0.0615. The average Bonchev–Trinajstić information content (AvgIpc) is 3.09. The molecular formula is C18H16Cl2N2O2S. The number of hydrogen-bond acceptors (Lipinski definition) is 4. The Kier molecular flexibility index (Phi) is 5.89. The number of methoxy groups -OCH3 is 1. The number of carbonyl (C=O) groups is 1. The molecule has 0 saturated heterocycles. The number of ether oxygens (including phenoxy) is 1. The summed E-state index contributed by atoms with van der Waals surface area (Å²) in [6.07, 6.45) is 0. The van der Waals surface area contributed by atoms with Crippen LogP contribution in [-0.2, 0) is 5.75 Å². The summed E-state index contributed by atoms with van der Waals surface area (Å²) in [6.45, 7) is 1.19. The largest absolute Gasteiger partial charge is 0.497 e. The lowest BCUT2D eigenvalue weighted by atomic mass is 10.2. The van der Waals surface area contributed by atoms with Gasteiger partial charge in [-0.25, -0.2) is 0 Å². The predicted octanol–water partition coefficient (Wildman–Crippen LogP) is 4.75. The molecule has 3 rings (SSSR count). The molecule has 7 heteroatoms. The summed E-state index contributed by atoms with van der Waals surface area (Å²) in [5.74, 6) is 1.29. The number of nitrogens with zero attached hydrogens (tertiary/aromatic N) is 2. The Morgan fingerprint density at radius 2 is 2.00 bits per heavy atom. The van der Waals surface area contributed by atoms with Crippen LogP contribution in [0.5, 0.6) is 5.75 Å². The van der Waals surface area contributed by atoms with Gasteiger partial charge in [0.25, 0.3) is 5.91 Å². The van der Waals surface area contributed by atoms with E-state index in [1.54, 1.807) is 48.4 Å². The number of halogens is 2. The van der Waals surface area contributed by atoms with Crippen LogP contribution < -0.4 is 4.74 Å². The van der Waals surface area contributed by atoms with Crippen LogP contribution in [0.2, 0.25) is 10.0 Å². The Morgan fingerprint density at radius 3 is 2.68 bits per heavy atom. The Morgan fingerprint density at radius 1 is 1.24 bits per heavy atom. The minimum Gasteiger partial charge on any atom is -0.497 e. The van der Waals surface area contributed by atoms with E-state index in [0.717, 1.165) is 11.3 Å². The van der Waals surface area contributed by atoms with Gasteiger partial charge in [-0.15, -0.1) is 0 Å². The first-order chi connectivity index (χ1) is 12.1. The second-order valence-electron chi connectivity index (χ2n) is 5.37. The Labute approximate surface area is 160 Å². The summed E-state index contributed by atoms with van der Waals surface area (Å²) in [5.41, 5.74) is 1.57. The van der Waals surface area contributed by atoms with Gasteiger partial charge in [-0.1, -0.05) is 41.0 Å². The first-order valence-electron chi connectivity index (χ1n) is 7.65. The first-order valence-corrected chi connectivity index (χ1v) is 9.40. The standard InChI is InChI=1S/C18H16Cl2N2O2S/c1-24-15-6-3-12(4-7-15)17(23)22-9-8-21-18(22)25-11-13-2-5-14(19)10-16(13)20/h2-7,10H,8-9,11H2,1H3. The number of thioether (sulfide) groups is 1. The molecule has 1 aliphatic heterocycles. The Balaban J connectivity index is 1.68. The van der Waals surface area contributed by atoms with Crippen molar-refractivity contribution in [2.45, 2.75) is 5.75 Å². The highest BCUT2D eigenvalue weighted by Crippen LogP contribution is 2.27. The lowest BCUT2D eigenvalue weighted by Gasteiger charge is -2.18. The van der Waals surface area contributed by atoms with Crippen molar-refractivity contribution in [2.24, 2.45) is 4.99 Å². The van der Waals surface area contributed by atoms with Crippen LogP contribution in [0, 0.1) is 0 Å². The lowest BCUT2D eigenvalue weighted by molar-refractivity contribution is 0.0860. The zero-order chi connectivity index (χ0) is 17.8. The van der Waals surface area contributed by atoms with Crippen molar-refractivity contribution in [2.75, 3.05) is 20.2 Å². The fraction of sp³-hybridized carbons (Fsp3) is 0.222. The van der Waals surface area contributed by atoms with Gasteiger partial charge in [0.15, 0.2) is 5.17 Å². The molecular weight excluding hydrogens is 379 g/mol. The molecule has 2 aromatic carbocycles. The smallest absolute Gasteiger partial charge is 0.259 e. The molecule has 1 aliphatic rings. The molecule has 0 spiro atoms. The molecule has 1 heterocycles. The number of rotatable bonds is 4. The van der Waals surface area contributed by atoms with Gasteiger partial charge in [-0.2, -0.15) is 0 Å². The molecule has 4 nitrogen and oxygen atoms in total. The Hall–Kier alpha value is -1.69. The van der Waals surface area contributed by atoms with Crippen LogP contribution in [0.15, 0.2) is 47.5 Å². The van der Waals surface area contributed by atoms with Crippen LogP contribution in [0.25, 0.3) is 0 Å². The van der Waals surface area contributed by atoms with E-state index in [1.165, 1.54) is 11.8 Å². The van der Waals surface area contributed by atoms with E-state index in [1.807, 2.05) is 6.07 Å². The van der Waals surface area contributed by atoms with Gasteiger partial charge in [0.05, 0.1) is 13.7 Å². The van der Waals surface area contributed by atoms with Gasteiger partial charge in [-0.3, -0.25) is 14.7 Å². The van der Waals surface area contributed by atoms with Gasteiger partial charge >= 0.3 is 0 Å². The highest BCUT2D eigenvalue weighted by atomic mass is 35.5. The van der Waals surface area contributed by atoms with Crippen LogP contribution in [0.1, 0.15) is 15.9 Å². The fourth-order valence-electron chi connectivity index (χ4n) is 2.41. The van der Waals surface area contributed by atoms with Gasteiger partial charge < -0.3 is 4.74 Å². The van der Waals surface area contributed by atoms with E-state index in [-0.39, 0.29) is 5.91 Å². The SMILES string of the molecule is COc1ccc(C(=O)N2CCN=C2SCc2ccc(Cl)cc2Cl)cc1. The molecule has 0 aliphatic carbocycles. The maximum atomic E-state index is 12.7. The predicted molar refractivity (Wildman–Crippen MR) is 104 cm³/mol. The third kappa shape index (κ3) is 4.29. The molecule has 1 amide bonds. The van der Waals surface area contributed by atoms with Gasteiger partial charge in [0.2, 0.25) is 0 Å². The monoisotopic (exact) mass is 394 g/mol. The second-order valence-corrected chi connectivity index (χ2v) is 7.16. The summed E-state index contributed by atoms with van der Waals surface area (Å²) >= 11 is 13.6. The van der Waals surface area contributed by atoms with Crippen LogP contribution >= 0.6 is 35.0 Å². The van der Waals surface area contributed by atoms with Crippen molar-refractivity contribution in [3.63, 3.8) is 0 Å². The van der Waals surface area contributed by atoms with Crippen molar-refractivity contribution in [1.82, 2.24) is 4.90 Å². The summed E-state index contributed by atoms with van der Waals surface area (Å²) in [7, 11) is 1.60. The number of hydrogen-bond donors (Lipinski definition) is 0. The molecule has 0 aromatic heterocycles. The number of aliphatic imine (C=N–C) groups is 1. The quantitative estimate of drug-likeness (QED) is 0.751. The minimum absolute atomic E-state index is 0.0615. The van der Waals surface area contributed by atoms with Crippen molar-refractivity contribution >= 4 is 46.0 Å². The second kappa shape index (κ2) is 8.13.